The van der Waals surface area contributed by atoms with Gasteiger partial charge in [0.2, 0.25) is 0 Å². The van der Waals surface area contributed by atoms with Crippen LogP contribution in [0.4, 0.5) is 0 Å². The van der Waals surface area contributed by atoms with E-state index in [1.54, 1.807) is 0 Å². The molecule has 104 valence electrons. The van der Waals surface area contributed by atoms with Crippen LogP contribution in [-0.2, 0) is 6.42 Å². The summed E-state index contributed by atoms with van der Waals surface area (Å²) in [5.41, 5.74) is 5.82. The minimum atomic E-state index is 0.318. The summed E-state index contributed by atoms with van der Waals surface area (Å²) in [6, 6.07) is 21.2. The smallest absolute Gasteiger partial charge is 0.0890 e. The normalized spacial score (nSPS) is 16.5. The molecule has 1 aromatic heterocycles. The molecule has 0 spiro atoms. The van der Waals surface area contributed by atoms with Crippen LogP contribution in [0.2, 0.25) is 0 Å². The largest absolute Gasteiger partial charge is 0.253 e. The fourth-order valence-corrected chi connectivity index (χ4v) is 3.64. The maximum atomic E-state index is 4.86. The molecule has 1 unspecified atom stereocenters. The van der Waals surface area contributed by atoms with E-state index in [0.717, 1.165) is 23.1 Å². The number of aromatic nitrogens is 2. The zero-order valence-electron chi connectivity index (χ0n) is 12.0. The van der Waals surface area contributed by atoms with E-state index < -0.39 is 0 Å². The predicted octanol–water partition coefficient (Wildman–Crippen LogP) is 4.47. The highest BCUT2D eigenvalue weighted by Gasteiger charge is 2.26. The molecule has 1 atom stereocenters. The molecule has 0 saturated heterocycles. The van der Waals surface area contributed by atoms with Crippen molar-refractivity contribution in [1.29, 1.82) is 0 Å². The molecule has 0 radical (unpaired) electrons. The third-order valence-electron chi connectivity index (χ3n) is 4.65. The van der Waals surface area contributed by atoms with E-state index in [2.05, 4.69) is 41.4 Å². The molecule has 0 saturated carbocycles. The lowest BCUT2D eigenvalue weighted by molar-refractivity contribution is 0.809. The molecule has 3 aromatic carbocycles. The Labute approximate surface area is 128 Å². The highest BCUT2D eigenvalue weighted by molar-refractivity contribution is 5.92. The Kier molecular flexibility index (Phi) is 2.36. The van der Waals surface area contributed by atoms with Gasteiger partial charge in [0, 0.05) is 12.1 Å². The van der Waals surface area contributed by atoms with Gasteiger partial charge in [-0.3, -0.25) is 4.98 Å². The van der Waals surface area contributed by atoms with Crippen molar-refractivity contribution in [2.45, 2.75) is 12.3 Å². The maximum Gasteiger partial charge on any atom is 0.0890 e. The standard InChI is InChI=1S/C20H14N2/c1-2-10-18-17(9-1)21-12-19(22-18)16-11-14-7-3-5-13-6-4-8-15(16)20(13)14/h1-10,12,16H,11H2. The molecule has 0 aliphatic heterocycles. The van der Waals surface area contributed by atoms with Gasteiger partial charge >= 0.3 is 0 Å². The molecular formula is C20H14N2. The number of para-hydroxylation sites is 2. The summed E-state index contributed by atoms with van der Waals surface area (Å²) in [4.78, 5) is 9.45. The Morgan fingerprint density at radius 1 is 0.818 bits per heavy atom. The van der Waals surface area contributed by atoms with Crippen molar-refractivity contribution in [1.82, 2.24) is 9.97 Å². The first-order valence-electron chi connectivity index (χ1n) is 7.62. The third kappa shape index (κ3) is 1.61. The van der Waals surface area contributed by atoms with Gasteiger partial charge in [-0.25, -0.2) is 4.98 Å². The molecule has 0 bridgehead atoms. The van der Waals surface area contributed by atoms with Gasteiger partial charge in [-0.05, 0) is 40.5 Å². The molecule has 1 aliphatic carbocycles. The lowest BCUT2D eigenvalue weighted by Gasteiger charge is -2.11. The van der Waals surface area contributed by atoms with Crippen molar-refractivity contribution in [3.8, 4) is 0 Å². The lowest BCUT2D eigenvalue weighted by atomic mass is 9.97. The van der Waals surface area contributed by atoms with Crippen LogP contribution < -0.4 is 0 Å². The van der Waals surface area contributed by atoms with Crippen LogP contribution in [0, 0.1) is 0 Å². The summed E-state index contributed by atoms with van der Waals surface area (Å²) in [5.74, 6) is 0.318. The molecule has 1 aliphatic rings. The molecule has 2 heteroatoms. The van der Waals surface area contributed by atoms with E-state index in [-0.39, 0.29) is 0 Å². The second-order valence-corrected chi connectivity index (χ2v) is 5.90. The minimum absolute atomic E-state index is 0.318. The number of nitrogens with zero attached hydrogens (tertiary/aromatic N) is 2. The predicted molar refractivity (Wildman–Crippen MR) is 89.0 cm³/mol. The second-order valence-electron chi connectivity index (χ2n) is 5.90. The minimum Gasteiger partial charge on any atom is -0.253 e. The van der Waals surface area contributed by atoms with Gasteiger partial charge in [-0.2, -0.15) is 0 Å². The van der Waals surface area contributed by atoms with E-state index in [9.17, 15) is 0 Å². The Morgan fingerprint density at radius 2 is 1.64 bits per heavy atom. The number of rotatable bonds is 1. The van der Waals surface area contributed by atoms with Gasteiger partial charge in [-0.1, -0.05) is 48.5 Å². The van der Waals surface area contributed by atoms with Crippen LogP contribution in [0.25, 0.3) is 21.8 Å². The Morgan fingerprint density at radius 3 is 2.55 bits per heavy atom. The molecule has 22 heavy (non-hydrogen) atoms. The maximum absolute atomic E-state index is 4.86. The molecular weight excluding hydrogens is 268 g/mol. The molecule has 0 fully saturated rings. The monoisotopic (exact) mass is 282 g/mol. The first kappa shape index (κ1) is 11.9. The summed E-state index contributed by atoms with van der Waals surface area (Å²) in [6.07, 6.45) is 2.96. The van der Waals surface area contributed by atoms with Gasteiger partial charge < -0.3 is 0 Å². The fraction of sp³-hybridized carbons (Fsp3) is 0.100. The SMILES string of the molecule is c1cc2c3c(cccc3c1)C(c1cnc3ccccc3n1)C2. The van der Waals surface area contributed by atoms with Gasteiger partial charge in [0.05, 0.1) is 16.7 Å². The highest BCUT2D eigenvalue weighted by atomic mass is 14.8. The van der Waals surface area contributed by atoms with E-state index in [1.165, 1.54) is 21.9 Å². The quantitative estimate of drug-likeness (QED) is 0.514. The van der Waals surface area contributed by atoms with Crippen LogP contribution in [-0.4, -0.2) is 9.97 Å². The molecule has 5 rings (SSSR count). The number of hydrogen-bond acceptors (Lipinski definition) is 2. The van der Waals surface area contributed by atoms with Gasteiger partial charge in [0.25, 0.3) is 0 Å². The zero-order valence-corrected chi connectivity index (χ0v) is 12.0. The molecule has 0 N–H and O–H groups in total. The topological polar surface area (TPSA) is 25.8 Å². The average Bonchev–Trinajstić information content (AvgIpc) is 2.96. The number of benzene rings is 3. The van der Waals surface area contributed by atoms with Gasteiger partial charge in [0.1, 0.15) is 0 Å². The van der Waals surface area contributed by atoms with Crippen LogP contribution in [0.15, 0.2) is 66.9 Å². The summed E-state index contributed by atoms with van der Waals surface area (Å²) in [6.45, 7) is 0. The van der Waals surface area contributed by atoms with Crippen LogP contribution >= 0.6 is 0 Å². The Bertz CT molecular complexity index is 1010. The van der Waals surface area contributed by atoms with Crippen molar-refractivity contribution in [3.63, 3.8) is 0 Å². The molecule has 2 nitrogen and oxygen atoms in total. The van der Waals surface area contributed by atoms with E-state index in [1.807, 2.05) is 30.5 Å². The molecule has 4 aromatic rings. The van der Waals surface area contributed by atoms with Gasteiger partial charge in [0.15, 0.2) is 0 Å². The van der Waals surface area contributed by atoms with Crippen molar-refractivity contribution in [2.24, 2.45) is 0 Å². The van der Waals surface area contributed by atoms with Crippen molar-refractivity contribution in [2.75, 3.05) is 0 Å². The van der Waals surface area contributed by atoms with Crippen molar-refractivity contribution in [3.05, 3.63) is 83.7 Å². The first-order chi connectivity index (χ1) is 10.9. The second kappa shape index (κ2) is 4.38. The summed E-state index contributed by atoms with van der Waals surface area (Å²) in [5, 5.41) is 2.73. The highest BCUT2D eigenvalue weighted by Crippen LogP contribution is 2.41. The van der Waals surface area contributed by atoms with E-state index >= 15 is 0 Å². The summed E-state index contributed by atoms with van der Waals surface area (Å²) in [7, 11) is 0. The Balaban J connectivity index is 1.72. The summed E-state index contributed by atoms with van der Waals surface area (Å²) < 4.78 is 0. The number of hydrogen-bond donors (Lipinski definition) is 0. The van der Waals surface area contributed by atoms with Crippen LogP contribution in [0.1, 0.15) is 22.7 Å². The van der Waals surface area contributed by atoms with Crippen LogP contribution in [0.5, 0.6) is 0 Å². The zero-order chi connectivity index (χ0) is 14.5. The molecule has 1 heterocycles. The van der Waals surface area contributed by atoms with Crippen molar-refractivity contribution >= 4 is 21.8 Å². The first-order valence-corrected chi connectivity index (χ1v) is 7.62. The Hall–Kier alpha value is -2.74. The molecule has 0 amide bonds. The number of fused-ring (bicyclic) bond motifs is 1. The van der Waals surface area contributed by atoms with E-state index in [0.29, 0.717) is 5.92 Å². The summed E-state index contributed by atoms with van der Waals surface area (Å²) >= 11 is 0. The van der Waals surface area contributed by atoms with Crippen LogP contribution in [0.3, 0.4) is 0 Å². The lowest BCUT2D eigenvalue weighted by Crippen LogP contribution is -2.03. The van der Waals surface area contributed by atoms with Gasteiger partial charge in [-0.15, -0.1) is 0 Å². The van der Waals surface area contributed by atoms with E-state index in [4.69, 9.17) is 4.98 Å². The average molecular weight is 282 g/mol. The third-order valence-corrected chi connectivity index (χ3v) is 4.65. The fourth-order valence-electron chi connectivity index (χ4n) is 3.64. The van der Waals surface area contributed by atoms with Crippen molar-refractivity contribution < 1.29 is 0 Å².